The summed E-state index contributed by atoms with van der Waals surface area (Å²) in [5, 5.41) is 8.70. The molecule has 0 spiro atoms. The van der Waals surface area contributed by atoms with Gasteiger partial charge in [-0.3, -0.25) is 0 Å². The number of aliphatic hydroxyl groups is 1. The topological polar surface area (TPSA) is 32.7 Å². The maximum absolute atomic E-state index is 13.1. The fourth-order valence-corrected chi connectivity index (χ4v) is 1.73. The molecule has 0 aliphatic rings. The minimum Gasteiger partial charge on any atom is -0.496 e. The Morgan fingerprint density at radius 1 is 1.35 bits per heavy atom. The molecule has 1 aromatic rings. The van der Waals surface area contributed by atoms with Gasteiger partial charge in [-0.1, -0.05) is 0 Å². The van der Waals surface area contributed by atoms with Gasteiger partial charge in [-0.2, -0.15) is 0 Å². The van der Waals surface area contributed by atoms with Crippen LogP contribution in [0.5, 0.6) is 5.75 Å². The zero-order valence-electron chi connectivity index (χ0n) is 10.4. The monoisotopic (exact) mass is 241 g/mol. The number of benzene rings is 1. The standard InChI is InChI=1S/C13H20FNO2/c1-15(7-3-4-8-16)10-11-9-12(14)5-6-13(11)17-2/h5-6,9,16H,3-4,7-8,10H2,1-2H3. The highest BCUT2D eigenvalue weighted by Crippen LogP contribution is 2.20. The molecule has 1 aromatic carbocycles. The lowest BCUT2D eigenvalue weighted by Crippen LogP contribution is -2.19. The Morgan fingerprint density at radius 3 is 2.76 bits per heavy atom. The van der Waals surface area contributed by atoms with Crippen LogP contribution in [0.3, 0.4) is 0 Å². The van der Waals surface area contributed by atoms with Crippen LogP contribution in [0.1, 0.15) is 18.4 Å². The van der Waals surface area contributed by atoms with Gasteiger partial charge in [0.2, 0.25) is 0 Å². The van der Waals surface area contributed by atoms with Gasteiger partial charge in [-0.05, 0) is 44.6 Å². The molecule has 0 aliphatic heterocycles. The van der Waals surface area contributed by atoms with E-state index in [9.17, 15) is 4.39 Å². The summed E-state index contributed by atoms with van der Waals surface area (Å²) in [6.07, 6.45) is 1.73. The molecule has 0 saturated carbocycles. The van der Waals surface area contributed by atoms with E-state index in [1.54, 1.807) is 13.2 Å². The maximum Gasteiger partial charge on any atom is 0.123 e. The summed E-state index contributed by atoms with van der Waals surface area (Å²) in [5.74, 6) is 0.463. The van der Waals surface area contributed by atoms with E-state index in [1.807, 2.05) is 7.05 Å². The molecule has 0 saturated heterocycles. The van der Waals surface area contributed by atoms with E-state index in [-0.39, 0.29) is 12.4 Å². The van der Waals surface area contributed by atoms with Crippen molar-refractivity contribution in [2.45, 2.75) is 19.4 Å². The van der Waals surface area contributed by atoms with Gasteiger partial charge >= 0.3 is 0 Å². The molecule has 0 unspecified atom stereocenters. The molecule has 0 fully saturated rings. The van der Waals surface area contributed by atoms with Crippen LogP contribution in [-0.2, 0) is 6.54 Å². The Morgan fingerprint density at radius 2 is 2.12 bits per heavy atom. The molecule has 17 heavy (non-hydrogen) atoms. The SMILES string of the molecule is COc1ccc(F)cc1CN(C)CCCCO. The van der Waals surface area contributed by atoms with Gasteiger partial charge in [0.25, 0.3) is 0 Å². The Balaban J connectivity index is 2.57. The minimum atomic E-state index is -0.246. The summed E-state index contributed by atoms with van der Waals surface area (Å²) in [5.41, 5.74) is 0.846. The molecule has 1 N–H and O–H groups in total. The van der Waals surface area contributed by atoms with Crippen molar-refractivity contribution < 1.29 is 14.2 Å². The van der Waals surface area contributed by atoms with Gasteiger partial charge in [0.15, 0.2) is 0 Å². The highest BCUT2D eigenvalue weighted by Gasteiger charge is 2.07. The van der Waals surface area contributed by atoms with Crippen molar-refractivity contribution in [3.63, 3.8) is 0 Å². The molecule has 0 aliphatic carbocycles. The number of hydrogen-bond donors (Lipinski definition) is 1. The number of nitrogens with zero attached hydrogens (tertiary/aromatic N) is 1. The molecular weight excluding hydrogens is 221 g/mol. The van der Waals surface area contributed by atoms with Crippen molar-refractivity contribution >= 4 is 0 Å². The molecule has 4 heteroatoms. The number of halogens is 1. The van der Waals surface area contributed by atoms with E-state index in [0.717, 1.165) is 24.9 Å². The third-order valence-corrected chi connectivity index (χ3v) is 2.63. The minimum absolute atomic E-state index is 0.219. The van der Waals surface area contributed by atoms with Crippen molar-refractivity contribution in [3.8, 4) is 5.75 Å². The zero-order valence-corrected chi connectivity index (χ0v) is 10.4. The summed E-state index contributed by atoms with van der Waals surface area (Å²) >= 11 is 0. The van der Waals surface area contributed by atoms with Crippen LogP contribution in [-0.4, -0.2) is 37.3 Å². The van der Waals surface area contributed by atoms with Crippen molar-refractivity contribution in [3.05, 3.63) is 29.6 Å². The number of unbranched alkanes of at least 4 members (excludes halogenated alkanes) is 1. The van der Waals surface area contributed by atoms with E-state index in [2.05, 4.69) is 4.90 Å². The van der Waals surface area contributed by atoms with E-state index in [0.29, 0.717) is 12.3 Å². The molecule has 0 radical (unpaired) electrons. The van der Waals surface area contributed by atoms with Crippen molar-refractivity contribution in [1.29, 1.82) is 0 Å². The predicted octanol–water partition coefficient (Wildman–Crippen LogP) is 2.04. The second-order valence-corrected chi connectivity index (χ2v) is 4.12. The van der Waals surface area contributed by atoms with Gasteiger partial charge < -0.3 is 14.7 Å². The van der Waals surface area contributed by atoms with E-state index < -0.39 is 0 Å². The summed E-state index contributed by atoms with van der Waals surface area (Å²) < 4.78 is 18.3. The molecule has 0 heterocycles. The van der Waals surface area contributed by atoms with Crippen LogP contribution < -0.4 is 4.74 Å². The number of hydrogen-bond acceptors (Lipinski definition) is 3. The van der Waals surface area contributed by atoms with Crippen LogP contribution >= 0.6 is 0 Å². The fraction of sp³-hybridized carbons (Fsp3) is 0.538. The third kappa shape index (κ3) is 4.71. The van der Waals surface area contributed by atoms with Gasteiger partial charge in [0.05, 0.1) is 7.11 Å². The van der Waals surface area contributed by atoms with Crippen molar-refractivity contribution in [2.75, 3.05) is 27.3 Å². The quantitative estimate of drug-likeness (QED) is 0.741. The molecule has 0 bridgehead atoms. The molecule has 96 valence electrons. The van der Waals surface area contributed by atoms with Gasteiger partial charge in [0, 0.05) is 18.7 Å². The Kier molecular flexibility index (Phi) is 5.94. The summed E-state index contributed by atoms with van der Waals surface area (Å²) in [6, 6.07) is 4.54. The average molecular weight is 241 g/mol. The average Bonchev–Trinajstić information content (AvgIpc) is 2.29. The van der Waals surface area contributed by atoms with Gasteiger partial charge in [0.1, 0.15) is 11.6 Å². The first kappa shape index (κ1) is 13.9. The number of methoxy groups -OCH3 is 1. The summed E-state index contributed by atoms with van der Waals surface area (Å²) in [4.78, 5) is 2.09. The van der Waals surface area contributed by atoms with Crippen LogP contribution in [0, 0.1) is 5.82 Å². The molecule has 0 aromatic heterocycles. The Bertz CT molecular complexity index is 344. The second-order valence-electron chi connectivity index (χ2n) is 4.12. The third-order valence-electron chi connectivity index (χ3n) is 2.63. The number of aliphatic hydroxyl groups excluding tert-OH is 1. The van der Waals surface area contributed by atoms with E-state index in [1.165, 1.54) is 12.1 Å². The largest absolute Gasteiger partial charge is 0.496 e. The first-order chi connectivity index (χ1) is 8.17. The molecule has 0 atom stereocenters. The Hall–Kier alpha value is -1.13. The number of rotatable bonds is 7. The maximum atomic E-state index is 13.1. The molecular formula is C13H20FNO2. The second kappa shape index (κ2) is 7.25. The van der Waals surface area contributed by atoms with Gasteiger partial charge in [-0.25, -0.2) is 4.39 Å². The van der Waals surface area contributed by atoms with Crippen molar-refractivity contribution in [2.24, 2.45) is 0 Å². The van der Waals surface area contributed by atoms with Gasteiger partial charge in [-0.15, -0.1) is 0 Å². The summed E-state index contributed by atoms with van der Waals surface area (Å²) in [6.45, 7) is 1.74. The van der Waals surface area contributed by atoms with Crippen LogP contribution in [0.25, 0.3) is 0 Å². The highest BCUT2D eigenvalue weighted by molar-refractivity contribution is 5.33. The van der Waals surface area contributed by atoms with Crippen LogP contribution in [0.15, 0.2) is 18.2 Å². The van der Waals surface area contributed by atoms with E-state index >= 15 is 0 Å². The van der Waals surface area contributed by atoms with Crippen LogP contribution in [0.2, 0.25) is 0 Å². The first-order valence-electron chi connectivity index (χ1n) is 5.79. The predicted molar refractivity (Wildman–Crippen MR) is 65.6 cm³/mol. The zero-order chi connectivity index (χ0) is 12.7. The highest BCUT2D eigenvalue weighted by atomic mass is 19.1. The lowest BCUT2D eigenvalue weighted by atomic mass is 10.1. The van der Waals surface area contributed by atoms with E-state index in [4.69, 9.17) is 9.84 Å². The number of ether oxygens (including phenoxy) is 1. The van der Waals surface area contributed by atoms with Crippen LogP contribution in [0.4, 0.5) is 4.39 Å². The van der Waals surface area contributed by atoms with Crippen molar-refractivity contribution in [1.82, 2.24) is 4.90 Å². The molecule has 0 amide bonds. The normalized spacial score (nSPS) is 10.9. The molecule has 3 nitrogen and oxygen atoms in total. The summed E-state index contributed by atoms with van der Waals surface area (Å²) in [7, 11) is 3.56. The molecule has 1 rings (SSSR count). The lowest BCUT2D eigenvalue weighted by molar-refractivity contribution is 0.259. The lowest BCUT2D eigenvalue weighted by Gasteiger charge is -2.18. The first-order valence-corrected chi connectivity index (χ1v) is 5.79. The smallest absolute Gasteiger partial charge is 0.123 e. The Labute approximate surface area is 102 Å². The fourth-order valence-electron chi connectivity index (χ4n) is 1.73.